The summed E-state index contributed by atoms with van der Waals surface area (Å²) >= 11 is 5.61. The molecule has 19 heavy (non-hydrogen) atoms. The lowest BCUT2D eigenvalue weighted by molar-refractivity contribution is 0.407. The number of rotatable bonds is 6. The van der Waals surface area contributed by atoms with Gasteiger partial charge in [-0.3, -0.25) is 0 Å². The lowest BCUT2D eigenvalue weighted by Gasteiger charge is -2.03. The lowest BCUT2D eigenvalue weighted by atomic mass is 10.2. The zero-order valence-electron chi connectivity index (χ0n) is 10.3. The van der Waals surface area contributed by atoms with Crippen molar-refractivity contribution in [1.29, 1.82) is 0 Å². The van der Waals surface area contributed by atoms with Crippen LogP contribution >= 0.6 is 34.4 Å². The molecule has 2 aliphatic rings. The Morgan fingerprint density at radius 3 is 1.84 bits per heavy atom. The van der Waals surface area contributed by atoms with E-state index in [9.17, 15) is 0 Å². The summed E-state index contributed by atoms with van der Waals surface area (Å²) in [5, 5.41) is 4.38. The average molecular weight is 310 g/mol. The highest BCUT2D eigenvalue weighted by Gasteiger charge is 2.26. The molecule has 2 aromatic rings. The molecule has 2 nitrogen and oxygen atoms in total. The van der Waals surface area contributed by atoms with E-state index in [0.717, 1.165) is 26.1 Å². The van der Waals surface area contributed by atoms with Gasteiger partial charge in [0, 0.05) is 12.8 Å². The summed E-state index contributed by atoms with van der Waals surface area (Å²) < 4.78 is 13.5. The van der Waals surface area contributed by atoms with Crippen LogP contribution in [0.15, 0.2) is 31.3 Å². The first-order valence-corrected chi connectivity index (χ1v) is 9.00. The third-order valence-electron chi connectivity index (χ3n) is 3.30. The van der Waals surface area contributed by atoms with Gasteiger partial charge in [-0.05, 0) is 34.0 Å². The Morgan fingerprint density at radius 1 is 0.947 bits per heavy atom. The predicted octanol–water partition coefficient (Wildman–Crippen LogP) is 3.84. The normalized spacial score (nSPS) is 24.6. The van der Waals surface area contributed by atoms with Crippen molar-refractivity contribution in [1.82, 2.24) is 0 Å². The van der Waals surface area contributed by atoms with Gasteiger partial charge in [0.1, 0.15) is 0 Å². The number of hydrogen-bond donors (Lipinski definition) is 0. The van der Waals surface area contributed by atoms with Gasteiger partial charge in [-0.15, -0.1) is 22.7 Å². The molecule has 2 unspecified atom stereocenters. The second-order valence-corrected chi connectivity index (χ2v) is 8.26. The van der Waals surface area contributed by atoms with Gasteiger partial charge in [0.05, 0.1) is 33.8 Å². The highest BCUT2D eigenvalue weighted by molar-refractivity contribution is 8.03. The molecule has 0 saturated carbocycles. The highest BCUT2D eigenvalue weighted by Crippen LogP contribution is 2.41. The van der Waals surface area contributed by atoms with Crippen LogP contribution in [0.5, 0.6) is 0 Å². The van der Waals surface area contributed by atoms with E-state index >= 15 is 0 Å². The van der Waals surface area contributed by atoms with Crippen molar-refractivity contribution in [3.63, 3.8) is 0 Å². The van der Waals surface area contributed by atoms with Gasteiger partial charge >= 0.3 is 0 Å². The molecule has 0 N–H and O–H groups in total. The first-order chi connectivity index (χ1) is 9.38. The van der Waals surface area contributed by atoms with Crippen LogP contribution in [0.3, 0.4) is 0 Å². The highest BCUT2D eigenvalue weighted by atomic mass is 32.2. The van der Waals surface area contributed by atoms with Gasteiger partial charge in [0.2, 0.25) is 0 Å². The lowest BCUT2D eigenvalue weighted by Crippen LogP contribution is -1.93. The van der Waals surface area contributed by atoms with Gasteiger partial charge in [-0.1, -0.05) is 11.8 Å². The van der Waals surface area contributed by atoms with Gasteiger partial charge < -0.3 is 9.47 Å². The molecule has 4 heterocycles. The number of ether oxygens (including phenoxy) is 2. The zero-order chi connectivity index (χ0) is 12.7. The van der Waals surface area contributed by atoms with Gasteiger partial charge in [0.15, 0.2) is 0 Å². The molecular weight excluding hydrogens is 296 g/mol. The molecule has 0 aromatic carbocycles. The van der Waals surface area contributed by atoms with Crippen LogP contribution in [0, 0.1) is 0 Å². The Morgan fingerprint density at radius 2 is 1.42 bits per heavy atom. The molecule has 2 aromatic heterocycles. The molecule has 2 saturated heterocycles. The van der Waals surface area contributed by atoms with E-state index in [1.165, 1.54) is 19.5 Å². The van der Waals surface area contributed by atoms with Crippen molar-refractivity contribution < 1.29 is 9.47 Å². The largest absolute Gasteiger partial charge is 0.373 e. The van der Waals surface area contributed by atoms with E-state index in [0.29, 0.717) is 12.2 Å². The first kappa shape index (κ1) is 12.4. The molecule has 0 radical (unpaired) electrons. The molecular formula is C14H14O2S3. The van der Waals surface area contributed by atoms with Crippen LogP contribution in [0.2, 0.25) is 0 Å². The molecule has 2 aliphatic heterocycles. The molecule has 2 fully saturated rings. The maximum Gasteiger partial charge on any atom is 0.0850 e. The van der Waals surface area contributed by atoms with E-state index in [-0.39, 0.29) is 0 Å². The van der Waals surface area contributed by atoms with Crippen molar-refractivity contribution in [2.45, 2.75) is 33.5 Å². The van der Waals surface area contributed by atoms with Gasteiger partial charge in [-0.2, -0.15) is 0 Å². The van der Waals surface area contributed by atoms with Crippen molar-refractivity contribution in [2.24, 2.45) is 0 Å². The van der Waals surface area contributed by atoms with E-state index in [1.807, 2.05) is 34.4 Å². The molecule has 4 rings (SSSR count). The van der Waals surface area contributed by atoms with Crippen LogP contribution in [0.4, 0.5) is 0 Å². The Balaban J connectivity index is 1.50. The number of epoxide rings is 2. The van der Waals surface area contributed by atoms with Crippen molar-refractivity contribution in [3.05, 3.63) is 34.0 Å². The van der Waals surface area contributed by atoms with Crippen LogP contribution in [-0.4, -0.2) is 25.4 Å². The Labute approximate surface area is 124 Å². The molecule has 0 amide bonds. The fourth-order valence-electron chi connectivity index (χ4n) is 2.07. The monoisotopic (exact) mass is 310 g/mol. The van der Waals surface area contributed by atoms with E-state index in [1.54, 1.807) is 0 Å². The summed E-state index contributed by atoms with van der Waals surface area (Å²) in [7, 11) is 0. The maximum atomic E-state index is 5.34. The van der Waals surface area contributed by atoms with Crippen LogP contribution in [0.25, 0.3) is 0 Å². The molecule has 5 heteroatoms. The summed E-state index contributed by atoms with van der Waals surface area (Å²) in [5.74, 6) is 0. The average Bonchev–Trinajstić information content (AvgIpc) is 3.29. The number of thiophene rings is 2. The SMILES string of the molecule is c1cc(CC2CO2)c(Sc2sccc2CC2CO2)s1. The van der Waals surface area contributed by atoms with Crippen molar-refractivity contribution in [2.75, 3.05) is 13.2 Å². The van der Waals surface area contributed by atoms with E-state index in [2.05, 4.69) is 22.9 Å². The second kappa shape index (κ2) is 5.22. The predicted molar refractivity (Wildman–Crippen MR) is 79.6 cm³/mol. The Hall–Kier alpha value is -0.330. The maximum absolute atomic E-state index is 5.34. The smallest absolute Gasteiger partial charge is 0.0850 e. The van der Waals surface area contributed by atoms with E-state index in [4.69, 9.17) is 9.47 Å². The molecule has 100 valence electrons. The molecule has 0 bridgehead atoms. The quantitative estimate of drug-likeness (QED) is 0.758. The standard InChI is InChI=1S/C14H14O2S3/c1-3-17-13(9(1)5-11-7-15-11)19-14-10(2-4-18-14)6-12-8-16-12/h1-4,11-12H,5-8H2. The minimum absolute atomic E-state index is 0.469. The minimum Gasteiger partial charge on any atom is -0.373 e. The summed E-state index contributed by atoms with van der Waals surface area (Å²) in [6.45, 7) is 1.87. The fraction of sp³-hybridized carbons (Fsp3) is 0.429. The third-order valence-corrected chi connectivity index (χ3v) is 6.77. The summed E-state index contributed by atoms with van der Waals surface area (Å²) in [6.07, 6.45) is 3.07. The second-order valence-electron chi connectivity index (χ2n) is 4.89. The zero-order valence-corrected chi connectivity index (χ0v) is 12.8. The summed E-state index contributed by atoms with van der Waals surface area (Å²) in [4.78, 5) is 0. The van der Waals surface area contributed by atoms with Gasteiger partial charge in [-0.25, -0.2) is 0 Å². The van der Waals surface area contributed by atoms with Crippen LogP contribution < -0.4 is 0 Å². The molecule has 0 spiro atoms. The van der Waals surface area contributed by atoms with Crippen LogP contribution in [-0.2, 0) is 22.3 Å². The van der Waals surface area contributed by atoms with Crippen molar-refractivity contribution in [3.8, 4) is 0 Å². The minimum atomic E-state index is 0.469. The first-order valence-electron chi connectivity index (χ1n) is 6.42. The van der Waals surface area contributed by atoms with Crippen molar-refractivity contribution >= 4 is 34.4 Å². The van der Waals surface area contributed by atoms with Gasteiger partial charge in [0.25, 0.3) is 0 Å². The number of hydrogen-bond acceptors (Lipinski definition) is 5. The molecule has 0 aliphatic carbocycles. The topological polar surface area (TPSA) is 25.1 Å². The molecule has 2 atom stereocenters. The Bertz CT molecular complexity index is 517. The Kier molecular flexibility index (Phi) is 3.41. The summed E-state index contributed by atoms with van der Waals surface area (Å²) in [6, 6.07) is 4.48. The summed E-state index contributed by atoms with van der Waals surface area (Å²) in [5.41, 5.74) is 2.89. The third kappa shape index (κ3) is 3.06. The fourth-order valence-corrected chi connectivity index (χ4v) is 5.50. The van der Waals surface area contributed by atoms with E-state index < -0.39 is 0 Å². The van der Waals surface area contributed by atoms with Crippen LogP contribution in [0.1, 0.15) is 11.1 Å².